The third kappa shape index (κ3) is 5.35. The van der Waals surface area contributed by atoms with E-state index in [1.54, 1.807) is 6.07 Å². The zero-order valence-electron chi connectivity index (χ0n) is 13.0. The Morgan fingerprint density at radius 3 is 2.90 bits per heavy atom. The van der Waals surface area contributed by atoms with E-state index in [1.807, 2.05) is 12.1 Å². The molecule has 1 atom stereocenters. The summed E-state index contributed by atoms with van der Waals surface area (Å²) in [6.07, 6.45) is 3.72. The third-order valence-electron chi connectivity index (χ3n) is 4.07. The van der Waals surface area contributed by atoms with Gasteiger partial charge >= 0.3 is 0 Å². The molecular weight excluding hydrogens is 331 g/mol. The second kappa shape index (κ2) is 8.25. The summed E-state index contributed by atoms with van der Waals surface area (Å²) in [7, 11) is 0. The highest BCUT2D eigenvalue weighted by atomic mass is 79.9. The molecule has 0 aromatic heterocycles. The van der Waals surface area contributed by atoms with Gasteiger partial charge in [-0.05, 0) is 44.0 Å². The number of piperidine rings is 1. The maximum absolute atomic E-state index is 14.0. The lowest BCUT2D eigenvalue weighted by atomic mass is 10.0. The first-order valence-electron chi connectivity index (χ1n) is 7.95. The van der Waals surface area contributed by atoms with Gasteiger partial charge in [-0.2, -0.15) is 0 Å². The molecule has 0 spiro atoms. The van der Waals surface area contributed by atoms with Crippen LogP contribution >= 0.6 is 15.9 Å². The second-order valence-electron chi connectivity index (χ2n) is 6.41. The Morgan fingerprint density at radius 1 is 1.38 bits per heavy atom. The predicted octanol–water partition coefficient (Wildman–Crippen LogP) is 4.19. The van der Waals surface area contributed by atoms with Crippen LogP contribution in [0.2, 0.25) is 0 Å². The zero-order chi connectivity index (χ0) is 15.2. The Hall–Kier alpha value is -0.450. The molecule has 1 aliphatic heterocycles. The lowest BCUT2D eigenvalue weighted by molar-refractivity contribution is 0.135. The largest absolute Gasteiger partial charge is 0.315 e. The maximum atomic E-state index is 14.0. The van der Waals surface area contributed by atoms with Crippen molar-refractivity contribution in [2.75, 3.05) is 19.6 Å². The first-order chi connectivity index (χ1) is 10.1. The van der Waals surface area contributed by atoms with Gasteiger partial charge in [-0.15, -0.1) is 0 Å². The number of likely N-dealkylation sites (tertiary alicyclic amines) is 1. The molecule has 0 saturated carbocycles. The Labute approximate surface area is 136 Å². The van der Waals surface area contributed by atoms with Crippen LogP contribution in [0.25, 0.3) is 0 Å². The van der Waals surface area contributed by atoms with Crippen LogP contribution in [0.3, 0.4) is 0 Å². The van der Waals surface area contributed by atoms with Crippen LogP contribution < -0.4 is 5.32 Å². The van der Waals surface area contributed by atoms with Crippen molar-refractivity contribution in [2.24, 2.45) is 5.92 Å². The van der Waals surface area contributed by atoms with Gasteiger partial charge in [0, 0.05) is 29.2 Å². The van der Waals surface area contributed by atoms with E-state index in [-0.39, 0.29) is 5.82 Å². The molecule has 1 aromatic rings. The van der Waals surface area contributed by atoms with E-state index in [9.17, 15) is 4.39 Å². The Morgan fingerprint density at radius 2 is 2.19 bits per heavy atom. The summed E-state index contributed by atoms with van der Waals surface area (Å²) in [5.41, 5.74) is 0.800. The SMILES string of the molecule is CC(C)CNCC1CCCCN1Cc1ccc(Br)cc1F. The summed E-state index contributed by atoms with van der Waals surface area (Å²) in [4.78, 5) is 2.43. The van der Waals surface area contributed by atoms with E-state index < -0.39 is 0 Å². The van der Waals surface area contributed by atoms with Crippen molar-refractivity contribution in [3.63, 3.8) is 0 Å². The van der Waals surface area contributed by atoms with E-state index >= 15 is 0 Å². The minimum absolute atomic E-state index is 0.108. The van der Waals surface area contributed by atoms with E-state index in [2.05, 4.69) is 40.0 Å². The number of nitrogens with one attached hydrogen (secondary N) is 1. The summed E-state index contributed by atoms with van der Waals surface area (Å²) in [5, 5.41) is 3.55. The molecule has 0 amide bonds. The van der Waals surface area contributed by atoms with Crippen LogP contribution in [0, 0.1) is 11.7 Å². The number of rotatable bonds is 6. The topological polar surface area (TPSA) is 15.3 Å². The third-order valence-corrected chi connectivity index (χ3v) is 4.56. The molecule has 2 nitrogen and oxygen atoms in total. The Bertz CT molecular complexity index is 450. The molecule has 2 rings (SSSR count). The normalized spacial score (nSPS) is 20.1. The smallest absolute Gasteiger partial charge is 0.128 e. The molecule has 1 aromatic carbocycles. The van der Waals surface area contributed by atoms with Gasteiger partial charge < -0.3 is 5.32 Å². The fourth-order valence-corrected chi connectivity index (χ4v) is 3.24. The highest BCUT2D eigenvalue weighted by Gasteiger charge is 2.23. The van der Waals surface area contributed by atoms with Crippen molar-refractivity contribution in [1.29, 1.82) is 0 Å². The lowest BCUT2D eigenvalue weighted by Crippen LogP contribution is -2.45. The molecule has 4 heteroatoms. The molecule has 0 bridgehead atoms. The molecule has 1 N–H and O–H groups in total. The molecular formula is C17H26BrFN2. The van der Waals surface area contributed by atoms with Gasteiger partial charge in [0.1, 0.15) is 5.82 Å². The minimum Gasteiger partial charge on any atom is -0.315 e. The highest BCUT2D eigenvalue weighted by molar-refractivity contribution is 9.10. The average Bonchev–Trinajstić information content (AvgIpc) is 2.43. The van der Waals surface area contributed by atoms with Gasteiger partial charge in [0.25, 0.3) is 0 Å². The van der Waals surface area contributed by atoms with Crippen LogP contribution in [0.4, 0.5) is 4.39 Å². The van der Waals surface area contributed by atoms with Crippen molar-refractivity contribution in [2.45, 2.75) is 45.7 Å². The van der Waals surface area contributed by atoms with E-state index in [0.29, 0.717) is 18.5 Å². The number of hydrogen-bond acceptors (Lipinski definition) is 2. The molecule has 0 aliphatic carbocycles. The Balaban J connectivity index is 1.94. The second-order valence-corrected chi connectivity index (χ2v) is 7.32. The van der Waals surface area contributed by atoms with E-state index in [0.717, 1.165) is 29.7 Å². The van der Waals surface area contributed by atoms with Crippen molar-refractivity contribution in [3.05, 3.63) is 34.1 Å². The quantitative estimate of drug-likeness (QED) is 0.821. The minimum atomic E-state index is -0.108. The van der Waals surface area contributed by atoms with E-state index in [1.165, 1.54) is 19.3 Å². The number of benzene rings is 1. The fourth-order valence-electron chi connectivity index (χ4n) is 2.91. The first-order valence-corrected chi connectivity index (χ1v) is 8.74. The van der Waals surface area contributed by atoms with Crippen molar-refractivity contribution >= 4 is 15.9 Å². The summed E-state index contributed by atoms with van der Waals surface area (Å²) in [6, 6.07) is 5.91. The molecule has 1 saturated heterocycles. The van der Waals surface area contributed by atoms with Crippen LogP contribution in [0.15, 0.2) is 22.7 Å². The molecule has 1 fully saturated rings. The van der Waals surface area contributed by atoms with Crippen LogP contribution in [-0.4, -0.2) is 30.6 Å². The molecule has 1 aliphatic rings. The maximum Gasteiger partial charge on any atom is 0.128 e. The van der Waals surface area contributed by atoms with Gasteiger partial charge in [-0.25, -0.2) is 4.39 Å². The molecule has 0 radical (unpaired) electrons. The summed E-state index contributed by atoms with van der Waals surface area (Å²) < 4.78 is 14.8. The fraction of sp³-hybridized carbons (Fsp3) is 0.647. The number of halogens is 2. The zero-order valence-corrected chi connectivity index (χ0v) is 14.6. The van der Waals surface area contributed by atoms with Crippen LogP contribution in [0.5, 0.6) is 0 Å². The van der Waals surface area contributed by atoms with Crippen LogP contribution in [-0.2, 0) is 6.54 Å². The monoisotopic (exact) mass is 356 g/mol. The lowest BCUT2D eigenvalue weighted by Gasteiger charge is -2.36. The van der Waals surface area contributed by atoms with Gasteiger partial charge in [-0.1, -0.05) is 42.3 Å². The molecule has 1 heterocycles. The highest BCUT2D eigenvalue weighted by Crippen LogP contribution is 2.22. The van der Waals surface area contributed by atoms with Crippen LogP contribution in [0.1, 0.15) is 38.7 Å². The average molecular weight is 357 g/mol. The van der Waals surface area contributed by atoms with Crippen molar-refractivity contribution in [1.82, 2.24) is 10.2 Å². The van der Waals surface area contributed by atoms with Crippen molar-refractivity contribution in [3.8, 4) is 0 Å². The van der Waals surface area contributed by atoms with Gasteiger partial charge in [0.15, 0.2) is 0 Å². The van der Waals surface area contributed by atoms with Gasteiger partial charge in [0.2, 0.25) is 0 Å². The van der Waals surface area contributed by atoms with E-state index in [4.69, 9.17) is 0 Å². The number of hydrogen-bond donors (Lipinski definition) is 1. The first kappa shape index (κ1) is 16.9. The molecule has 21 heavy (non-hydrogen) atoms. The van der Waals surface area contributed by atoms with Crippen molar-refractivity contribution < 1.29 is 4.39 Å². The van der Waals surface area contributed by atoms with Gasteiger partial charge in [-0.3, -0.25) is 4.90 Å². The summed E-state index contributed by atoms with van der Waals surface area (Å²) in [5.74, 6) is 0.565. The molecule has 1 unspecified atom stereocenters. The van der Waals surface area contributed by atoms with Gasteiger partial charge in [0.05, 0.1) is 0 Å². The molecule has 118 valence electrons. The standard InChI is InChI=1S/C17H26BrFN2/c1-13(2)10-20-11-16-5-3-4-8-21(16)12-14-6-7-15(18)9-17(14)19/h6-7,9,13,16,20H,3-5,8,10-12H2,1-2H3. The summed E-state index contributed by atoms with van der Waals surface area (Å²) >= 11 is 3.32. The number of nitrogens with zero attached hydrogens (tertiary/aromatic N) is 1. The Kier molecular flexibility index (Phi) is 6.65. The predicted molar refractivity (Wildman–Crippen MR) is 89.9 cm³/mol. The summed E-state index contributed by atoms with van der Waals surface area (Å²) in [6.45, 7) is 8.30.